The first kappa shape index (κ1) is 24.3. The summed E-state index contributed by atoms with van der Waals surface area (Å²) < 4.78 is 25.3. The van der Waals surface area contributed by atoms with Crippen LogP contribution in [-0.2, 0) is 21.6 Å². The molecule has 6 rings (SSSR count). The van der Waals surface area contributed by atoms with E-state index in [1.165, 1.54) is 15.9 Å². The first-order chi connectivity index (χ1) is 18.4. The zero-order chi connectivity index (χ0) is 26.6. The SMILES string of the molecule is COCCCN1C(=O)c2oc3ccc(F)cc3c(=O)c2C12C(=O)N(Cc1ccccc1Cl)c1ccccc12. The zero-order valence-electron chi connectivity index (χ0n) is 20.4. The lowest BCUT2D eigenvalue weighted by Gasteiger charge is -2.34. The molecule has 0 aliphatic carbocycles. The lowest BCUT2D eigenvalue weighted by atomic mass is 9.84. The number of methoxy groups -OCH3 is 1. The minimum atomic E-state index is -1.78. The van der Waals surface area contributed by atoms with Crippen molar-refractivity contribution in [3.63, 3.8) is 0 Å². The Balaban J connectivity index is 1.63. The van der Waals surface area contributed by atoms with Gasteiger partial charge in [0, 0.05) is 30.8 Å². The van der Waals surface area contributed by atoms with Crippen molar-refractivity contribution in [1.82, 2.24) is 4.90 Å². The molecule has 1 unspecified atom stereocenters. The van der Waals surface area contributed by atoms with Crippen LogP contribution < -0.4 is 10.3 Å². The van der Waals surface area contributed by atoms with E-state index in [0.717, 1.165) is 12.1 Å². The number of halogens is 2. The van der Waals surface area contributed by atoms with Gasteiger partial charge in [-0.3, -0.25) is 14.4 Å². The highest BCUT2D eigenvalue weighted by Gasteiger charge is 2.64. The summed E-state index contributed by atoms with van der Waals surface area (Å²) in [6.07, 6.45) is 0.417. The Morgan fingerprint density at radius 2 is 1.79 bits per heavy atom. The molecule has 0 radical (unpaired) electrons. The van der Waals surface area contributed by atoms with E-state index in [1.54, 1.807) is 43.5 Å². The second-order valence-electron chi connectivity index (χ2n) is 9.29. The van der Waals surface area contributed by atoms with Crippen molar-refractivity contribution in [3.8, 4) is 0 Å². The van der Waals surface area contributed by atoms with Gasteiger partial charge in [0.2, 0.25) is 5.76 Å². The predicted molar refractivity (Wildman–Crippen MR) is 140 cm³/mol. The number of para-hydroxylation sites is 1. The molecule has 2 amide bonds. The highest BCUT2D eigenvalue weighted by atomic mass is 35.5. The average Bonchev–Trinajstić information content (AvgIpc) is 3.31. The normalized spacial score (nSPS) is 18.1. The zero-order valence-corrected chi connectivity index (χ0v) is 21.1. The number of amides is 2. The number of hydrogen-bond donors (Lipinski definition) is 0. The molecule has 38 heavy (non-hydrogen) atoms. The lowest BCUT2D eigenvalue weighted by Crippen LogP contribution is -2.53. The number of hydrogen-bond acceptors (Lipinski definition) is 5. The fourth-order valence-electron chi connectivity index (χ4n) is 5.58. The summed E-state index contributed by atoms with van der Waals surface area (Å²) in [5, 5.41) is 0.448. The maximum absolute atomic E-state index is 14.6. The van der Waals surface area contributed by atoms with Crippen molar-refractivity contribution in [2.45, 2.75) is 18.5 Å². The molecule has 0 fully saturated rings. The van der Waals surface area contributed by atoms with Gasteiger partial charge in [0.05, 0.1) is 23.2 Å². The highest BCUT2D eigenvalue weighted by molar-refractivity contribution is 6.31. The molecule has 2 aliphatic rings. The Hall–Kier alpha value is -4.01. The summed E-state index contributed by atoms with van der Waals surface area (Å²) in [6.45, 7) is 0.589. The molecule has 4 aromatic rings. The minimum absolute atomic E-state index is 0.0375. The van der Waals surface area contributed by atoms with E-state index >= 15 is 0 Å². The molecule has 9 heteroatoms. The molecule has 1 aromatic heterocycles. The van der Waals surface area contributed by atoms with E-state index in [-0.39, 0.29) is 35.4 Å². The van der Waals surface area contributed by atoms with Crippen molar-refractivity contribution < 1.29 is 23.1 Å². The number of fused-ring (bicyclic) bond motifs is 5. The van der Waals surface area contributed by atoms with Gasteiger partial charge in [-0.2, -0.15) is 0 Å². The van der Waals surface area contributed by atoms with Crippen molar-refractivity contribution in [2.75, 3.05) is 25.2 Å². The van der Waals surface area contributed by atoms with E-state index in [4.69, 9.17) is 20.8 Å². The largest absolute Gasteiger partial charge is 0.450 e. The number of carbonyl (C=O) groups excluding carboxylic acids is 2. The van der Waals surface area contributed by atoms with Crippen molar-refractivity contribution in [2.24, 2.45) is 0 Å². The fraction of sp³-hybridized carbons (Fsp3) is 0.207. The first-order valence-electron chi connectivity index (χ1n) is 12.1. The van der Waals surface area contributed by atoms with Gasteiger partial charge in [0.1, 0.15) is 11.4 Å². The molecule has 1 atom stereocenters. The van der Waals surface area contributed by atoms with Crippen LogP contribution in [0.3, 0.4) is 0 Å². The second-order valence-corrected chi connectivity index (χ2v) is 9.70. The van der Waals surface area contributed by atoms with Crippen LogP contribution in [0.15, 0.2) is 75.9 Å². The van der Waals surface area contributed by atoms with E-state index in [9.17, 15) is 18.8 Å². The molecule has 2 aliphatic heterocycles. The van der Waals surface area contributed by atoms with Crippen LogP contribution in [0.25, 0.3) is 11.0 Å². The van der Waals surface area contributed by atoms with Crippen LogP contribution in [-0.4, -0.2) is 37.0 Å². The number of rotatable bonds is 6. The molecule has 3 heterocycles. The summed E-state index contributed by atoms with van der Waals surface area (Å²) >= 11 is 6.43. The van der Waals surface area contributed by atoms with Crippen LogP contribution in [0.2, 0.25) is 5.02 Å². The second kappa shape index (κ2) is 9.08. The smallest absolute Gasteiger partial charge is 0.291 e. The first-order valence-corrected chi connectivity index (χ1v) is 12.5. The highest BCUT2D eigenvalue weighted by Crippen LogP contribution is 2.53. The third-order valence-corrected chi connectivity index (χ3v) is 7.58. The van der Waals surface area contributed by atoms with Gasteiger partial charge in [-0.25, -0.2) is 4.39 Å². The topological polar surface area (TPSA) is 80.1 Å². The molecule has 3 aromatic carbocycles. The number of carbonyl (C=O) groups is 2. The number of ether oxygens (including phenoxy) is 1. The molecule has 1 spiro atoms. The van der Waals surface area contributed by atoms with Crippen molar-refractivity contribution in [1.29, 1.82) is 0 Å². The Bertz CT molecular complexity index is 1690. The van der Waals surface area contributed by atoms with E-state index in [0.29, 0.717) is 34.9 Å². The van der Waals surface area contributed by atoms with Crippen LogP contribution in [0.5, 0.6) is 0 Å². The van der Waals surface area contributed by atoms with Gasteiger partial charge >= 0.3 is 0 Å². The minimum Gasteiger partial charge on any atom is -0.450 e. The van der Waals surface area contributed by atoms with Crippen molar-refractivity contribution >= 4 is 40.1 Å². The molecular weight excluding hydrogens is 511 g/mol. The van der Waals surface area contributed by atoms with Gasteiger partial charge in [-0.1, -0.05) is 48.0 Å². The van der Waals surface area contributed by atoms with Crippen LogP contribution >= 0.6 is 11.6 Å². The quantitative estimate of drug-likeness (QED) is 0.331. The van der Waals surface area contributed by atoms with Gasteiger partial charge in [-0.15, -0.1) is 0 Å². The van der Waals surface area contributed by atoms with E-state index in [2.05, 4.69) is 0 Å². The van der Waals surface area contributed by atoms with Gasteiger partial charge in [-0.05, 0) is 42.3 Å². The van der Waals surface area contributed by atoms with Crippen LogP contribution in [0.1, 0.15) is 33.7 Å². The summed E-state index contributed by atoms with van der Waals surface area (Å²) in [4.78, 5) is 45.4. The molecule has 7 nitrogen and oxygen atoms in total. The van der Waals surface area contributed by atoms with Crippen LogP contribution in [0, 0.1) is 5.82 Å². The summed E-state index contributed by atoms with van der Waals surface area (Å²) in [5.74, 6) is -1.90. The third kappa shape index (κ3) is 3.33. The van der Waals surface area contributed by atoms with Crippen LogP contribution in [0.4, 0.5) is 10.1 Å². The summed E-state index contributed by atoms with van der Waals surface area (Å²) in [5.41, 5.74) is -0.693. The molecule has 0 bridgehead atoms. The van der Waals surface area contributed by atoms with E-state index in [1.807, 2.05) is 12.1 Å². The standard InChI is InChI=1S/C29H22ClFN2O5/c1-37-14-6-13-33-27(35)26-24(25(34)19-15-18(31)11-12-23(19)38-26)29(33)20-8-3-5-10-22(20)32(28(29)36)16-17-7-2-4-9-21(17)30/h2-5,7-12,15H,6,13-14,16H2,1H3. The van der Waals surface area contributed by atoms with Gasteiger partial charge in [0.15, 0.2) is 11.0 Å². The summed E-state index contributed by atoms with van der Waals surface area (Å²) in [6, 6.07) is 17.8. The Kier molecular flexibility index (Phi) is 5.81. The lowest BCUT2D eigenvalue weighted by molar-refractivity contribution is -0.126. The van der Waals surface area contributed by atoms with Gasteiger partial charge < -0.3 is 19.0 Å². The fourth-order valence-corrected chi connectivity index (χ4v) is 5.78. The monoisotopic (exact) mass is 532 g/mol. The maximum Gasteiger partial charge on any atom is 0.291 e. The Morgan fingerprint density at radius 3 is 2.58 bits per heavy atom. The van der Waals surface area contributed by atoms with Crippen molar-refractivity contribution in [3.05, 3.63) is 110 Å². The number of benzene rings is 3. The predicted octanol–water partition coefficient (Wildman–Crippen LogP) is 4.87. The molecule has 0 saturated carbocycles. The van der Waals surface area contributed by atoms with Gasteiger partial charge in [0.25, 0.3) is 11.8 Å². The molecule has 0 saturated heterocycles. The number of nitrogens with zero attached hydrogens (tertiary/aromatic N) is 2. The summed E-state index contributed by atoms with van der Waals surface area (Å²) in [7, 11) is 1.55. The molecular formula is C29H22ClFN2O5. The average molecular weight is 533 g/mol. The Morgan fingerprint density at radius 1 is 1.03 bits per heavy atom. The third-order valence-electron chi connectivity index (χ3n) is 7.21. The maximum atomic E-state index is 14.6. The number of anilines is 1. The van der Waals surface area contributed by atoms with E-state index < -0.39 is 28.6 Å². The Labute approximate surface area is 222 Å². The molecule has 0 N–H and O–H groups in total. The molecule has 192 valence electrons.